The fraction of sp³-hybridized carbons (Fsp3) is 0.462. The molecule has 4 nitrogen and oxygen atoms in total. The SMILES string of the molecule is CCCNCc1oc(Cn2cc(Br)cn2)cc1C. The Bertz CT molecular complexity index is 504. The lowest BCUT2D eigenvalue weighted by Crippen LogP contribution is -2.13. The zero-order valence-corrected chi connectivity index (χ0v) is 12.3. The third-order valence-electron chi connectivity index (χ3n) is 2.70. The van der Waals surface area contributed by atoms with E-state index in [2.05, 4.69) is 46.3 Å². The monoisotopic (exact) mass is 311 g/mol. The van der Waals surface area contributed by atoms with Crippen LogP contribution in [0.2, 0.25) is 0 Å². The summed E-state index contributed by atoms with van der Waals surface area (Å²) in [6.07, 6.45) is 4.85. The summed E-state index contributed by atoms with van der Waals surface area (Å²) >= 11 is 3.38. The minimum absolute atomic E-state index is 0.667. The van der Waals surface area contributed by atoms with E-state index < -0.39 is 0 Å². The van der Waals surface area contributed by atoms with Crippen molar-refractivity contribution in [1.82, 2.24) is 15.1 Å². The van der Waals surface area contributed by atoms with Crippen LogP contribution >= 0.6 is 15.9 Å². The maximum Gasteiger partial charge on any atom is 0.126 e. The lowest BCUT2D eigenvalue weighted by atomic mass is 10.2. The summed E-state index contributed by atoms with van der Waals surface area (Å²) < 4.78 is 8.67. The van der Waals surface area contributed by atoms with Gasteiger partial charge in [0.1, 0.15) is 11.5 Å². The van der Waals surface area contributed by atoms with E-state index in [0.717, 1.165) is 35.5 Å². The summed E-state index contributed by atoms with van der Waals surface area (Å²) in [5.74, 6) is 1.96. The average Bonchev–Trinajstić information content (AvgIpc) is 2.87. The van der Waals surface area contributed by atoms with Gasteiger partial charge in [0.25, 0.3) is 0 Å². The molecule has 0 aliphatic carbocycles. The van der Waals surface area contributed by atoms with Gasteiger partial charge in [0.2, 0.25) is 0 Å². The molecule has 0 aliphatic rings. The molecule has 0 saturated carbocycles. The van der Waals surface area contributed by atoms with Crippen LogP contribution in [0.4, 0.5) is 0 Å². The van der Waals surface area contributed by atoms with Crippen molar-refractivity contribution in [3.63, 3.8) is 0 Å². The molecular formula is C13H18BrN3O. The molecule has 2 aromatic rings. The highest BCUT2D eigenvalue weighted by atomic mass is 79.9. The van der Waals surface area contributed by atoms with Crippen LogP contribution in [-0.2, 0) is 13.1 Å². The molecule has 0 unspecified atom stereocenters. The van der Waals surface area contributed by atoms with Crippen LogP contribution in [0.3, 0.4) is 0 Å². The van der Waals surface area contributed by atoms with Gasteiger partial charge in [-0.05, 0) is 47.4 Å². The zero-order chi connectivity index (χ0) is 13.0. The Balaban J connectivity index is 1.99. The highest BCUT2D eigenvalue weighted by Crippen LogP contribution is 2.16. The van der Waals surface area contributed by atoms with Crippen molar-refractivity contribution in [2.45, 2.75) is 33.4 Å². The zero-order valence-electron chi connectivity index (χ0n) is 10.7. The van der Waals surface area contributed by atoms with E-state index in [0.29, 0.717) is 6.54 Å². The molecule has 0 atom stereocenters. The summed E-state index contributed by atoms with van der Waals surface area (Å²) in [4.78, 5) is 0. The Morgan fingerprint density at radius 1 is 1.50 bits per heavy atom. The number of hydrogen-bond donors (Lipinski definition) is 1. The lowest BCUT2D eigenvalue weighted by molar-refractivity contribution is 0.429. The predicted molar refractivity (Wildman–Crippen MR) is 74.5 cm³/mol. The second kappa shape index (κ2) is 6.20. The Morgan fingerprint density at radius 3 is 3.00 bits per heavy atom. The molecule has 0 saturated heterocycles. The molecule has 2 heterocycles. The first-order valence-corrected chi connectivity index (χ1v) is 6.95. The topological polar surface area (TPSA) is 43.0 Å². The van der Waals surface area contributed by atoms with Crippen LogP contribution in [-0.4, -0.2) is 16.3 Å². The number of aryl methyl sites for hydroxylation is 1. The molecule has 0 aromatic carbocycles. The van der Waals surface area contributed by atoms with Gasteiger partial charge >= 0.3 is 0 Å². The predicted octanol–water partition coefficient (Wildman–Crippen LogP) is 3.09. The van der Waals surface area contributed by atoms with Gasteiger partial charge in [-0.1, -0.05) is 6.92 Å². The van der Waals surface area contributed by atoms with E-state index in [4.69, 9.17) is 4.42 Å². The number of nitrogens with one attached hydrogen (secondary N) is 1. The normalized spacial score (nSPS) is 11.1. The van der Waals surface area contributed by atoms with E-state index in [1.807, 2.05) is 10.9 Å². The van der Waals surface area contributed by atoms with Gasteiger partial charge < -0.3 is 9.73 Å². The van der Waals surface area contributed by atoms with Gasteiger partial charge in [-0.3, -0.25) is 4.68 Å². The minimum atomic E-state index is 0.667. The Hall–Kier alpha value is -1.07. The molecule has 2 rings (SSSR count). The number of aromatic nitrogens is 2. The van der Waals surface area contributed by atoms with Crippen molar-refractivity contribution in [2.75, 3.05) is 6.54 Å². The maximum absolute atomic E-state index is 5.84. The first-order valence-electron chi connectivity index (χ1n) is 6.16. The van der Waals surface area contributed by atoms with Crippen LogP contribution in [0.5, 0.6) is 0 Å². The Labute approximate surface area is 115 Å². The third-order valence-corrected chi connectivity index (χ3v) is 3.11. The van der Waals surface area contributed by atoms with Crippen molar-refractivity contribution in [1.29, 1.82) is 0 Å². The molecule has 0 fully saturated rings. The van der Waals surface area contributed by atoms with Gasteiger partial charge in [0, 0.05) is 6.20 Å². The molecule has 0 aliphatic heterocycles. The van der Waals surface area contributed by atoms with Crippen molar-refractivity contribution in [3.05, 3.63) is 40.0 Å². The second-order valence-electron chi connectivity index (χ2n) is 4.35. The summed E-state index contributed by atoms with van der Waals surface area (Å²) in [7, 11) is 0. The quantitative estimate of drug-likeness (QED) is 0.834. The fourth-order valence-electron chi connectivity index (χ4n) is 1.81. The van der Waals surface area contributed by atoms with Crippen LogP contribution < -0.4 is 5.32 Å². The average molecular weight is 312 g/mol. The minimum Gasteiger partial charge on any atom is -0.462 e. The number of hydrogen-bond acceptors (Lipinski definition) is 3. The van der Waals surface area contributed by atoms with Crippen molar-refractivity contribution >= 4 is 15.9 Å². The number of halogens is 1. The molecule has 1 N–H and O–H groups in total. The van der Waals surface area contributed by atoms with Gasteiger partial charge in [0.05, 0.1) is 23.8 Å². The van der Waals surface area contributed by atoms with E-state index in [1.165, 1.54) is 5.56 Å². The van der Waals surface area contributed by atoms with Gasteiger partial charge in [-0.15, -0.1) is 0 Å². The molecule has 0 amide bonds. The van der Waals surface area contributed by atoms with Crippen LogP contribution in [0, 0.1) is 6.92 Å². The molecule has 0 radical (unpaired) electrons. The fourth-order valence-corrected chi connectivity index (χ4v) is 2.13. The van der Waals surface area contributed by atoms with Crippen LogP contribution in [0.15, 0.2) is 27.3 Å². The van der Waals surface area contributed by atoms with Crippen molar-refractivity contribution in [3.8, 4) is 0 Å². The summed E-state index contributed by atoms with van der Waals surface area (Å²) in [5.41, 5.74) is 1.19. The standard InChI is InChI=1S/C13H18BrN3O/c1-3-4-15-7-13-10(2)5-12(18-13)9-17-8-11(14)6-16-17/h5-6,8,15H,3-4,7,9H2,1-2H3. The molecule has 5 heteroatoms. The summed E-state index contributed by atoms with van der Waals surface area (Å²) in [5, 5.41) is 7.57. The molecule has 0 bridgehead atoms. The van der Waals surface area contributed by atoms with E-state index in [1.54, 1.807) is 6.20 Å². The summed E-state index contributed by atoms with van der Waals surface area (Å²) in [6.45, 7) is 6.71. The van der Waals surface area contributed by atoms with Crippen molar-refractivity contribution < 1.29 is 4.42 Å². The van der Waals surface area contributed by atoms with Crippen LogP contribution in [0.1, 0.15) is 30.4 Å². The number of rotatable bonds is 6. The van der Waals surface area contributed by atoms with E-state index in [9.17, 15) is 0 Å². The smallest absolute Gasteiger partial charge is 0.126 e. The Morgan fingerprint density at radius 2 is 2.33 bits per heavy atom. The maximum atomic E-state index is 5.84. The molecular weight excluding hydrogens is 294 g/mol. The highest BCUT2D eigenvalue weighted by Gasteiger charge is 2.08. The van der Waals surface area contributed by atoms with Crippen molar-refractivity contribution in [2.24, 2.45) is 0 Å². The van der Waals surface area contributed by atoms with Gasteiger partial charge in [-0.2, -0.15) is 5.10 Å². The van der Waals surface area contributed by atoms with Crippen LogP contribution in [0.25, 0.3) is 0 Å². The van der Waals surface area contributed by atoms with Gasteiger partial charge in [0.15, 0.2) is 0 Å². The largest absolute Gasteiger partial charge is 0.462 e. The van der Waals surface area contributed by atoms with E-state index >= 15 is 0 Å². The third kappa shape index (κ3) is 3.46. The van der Waals surface area contributed by atoms with Gasteiger partial charge in [-0.25, -0.2) is 0 Å². The van der Waals surface area contributed by atoms with E-state index in [-0.39, 0.29) is 0 Å². The first kappa shape index (κ1) is 13.4. The summed E-state index contributed by atoms with van der Waals surface area (Å²) in [6, 6.07) is 2.08. The number of furan rings is 1. The second-order valence-corrected chi connectivity index (χ2v) is 5.27. The highest BCUT2D eigenvalue weighted by molar-refractivity contribution is 9.10. The molecule has 2 aromatic heterocycles. The molecule has 0 spiro atoms. The lowest BCUT2D eigenvalue weighted by Gasteiger charge is -2.01. The molecule has 98 valence electrons. The molecule has 18 heavy (non-hydrogen) atoms. The first-order chi connectivity index (χ1) is 8.69. The number of nitrogens with zero attached hydrogens (tertiary/aromatic N) is 2. The Kier molecular flexibility index (Phi) is 4.60.